The summed E-state index contributed by atoms with van der Waals surface area (Å²) in [6.45, 7) is 7.22. The van der Waals surface area contributed by atoms with E-state index in [2.05, 4.69) is 25.2 Å². The van der Waals surface area contributed by atoms with Gasteiger partial charge in [-0.2, -0.15) is 0 Å². The monoisotopic (exact) mass is 643 g/mol. The van der Waals surface area contributed by atoms with Crippen LogP contribution in [0.3, 0.4) is 0 Å². The first-order valence-electron chi connectivity index (χ1n) is 15.9. The van der Waals surface area contributed by atoms with Crippen LogP contribution in [0.5, 0.6) is 5.75 Å². The highest BCUT2D eigenvalue weighted by Crippen LogP contribution is 2.60. The third-order valence-corrected chi connectivity index (χ3v) is 14.9. The lowest BCUT2D eigenvalue weighted by Crippen LogP contribution is -2.52. The fourth-order valence-electron chi connectivity index (χ4n) is 8.18. The predicted molar refractivity (Wildman–Crippen MR) is 177 cm³/mol. The molecule has 242 valence electrons. The third-order valence-electron chi connectivity index (χ3n) is 10.5. The predicted octanol–water partition coefficient (Wildman–Crippen LogP) is 4.74. The lowest BCUT2D eigenvalue weighted by atomic mass is 9.82. The molecule has 3 aromatic rings. The Hall–Kier alpha value is -4.06. The lowest BCUT2D eigenvalue weighted by Gasteiger charge is -2.37. The van der Waals surface area contributed by atoms with Crippen molar-refractivity contribution in [1.82, 2.24) is 4.90 Å². The summed E-state index contributed by atoms with van der Waals surface area (Å²) in [5.41, 5.74) is 0.152. The molecule has 0 unspecified atom stereocenters. The SMILES string of the molecule is COc1ccc([Si](C)(C)[C@H]2[C@H](CC(=O)N3CCC[C@H]3CO)O[C@@]3(C(=O)N(Cc4ccccc4)c4ccc([N+](=O)[O-])cc43)[C@@H]2C)cc1. The van der Waals surface area contributed by atoms with E-state index in [0.29, 0.717) is 17.8 Å². The van der Waals surface area contributed by atoms with Crippen molar-refractivity contribution in [3.63, 3.8) is 0 Å². The molecule has 2 saturated heterocycles. The van der Waals surface area contributed by atoms with Gasteiger partial charge in [-0.15, -0.1) is 0 Å². The number of hydrogen-bond acceptors (Lipinski definition) is 7. The van der Waals surface area contributed by atoms with Crippen molar-refractivity contribution in [3.05, 3.63) is 94.0 Å². The van der Waals surface area contributed by atoms with Gasteiger partial charge in [-0.05, 0) is 42.1 Å². The van der Waals surface area contributed by atoms with Crippen LogP contribution in [0.15, 0.2) is 72.8 Å². The molecular formula is C35H41N3O7Si. The Balaban J connectivity index is 1.47. The van der Waals surface area contributed by atoms with Crippen molar-refractivity contribution in [2.24, 2.45) is 5.92 Å². The van der Waals surface area contributed by atoms with Gasteiger partial charge in [0.2, 0.25) is 5.91 Å². The van der Waals surface area contributed by atoms with E-state index in [1.165, 1.54) is 12.1 Å². The van der Waals surface area contributed by atoms with Gasteiger partial charge in [0.15, 0.2) is 5.60 Å². The molecular weight excluding hydrogens is 602 g/mol. The molecule has 10 nitrogen and oxygen atoms in total. The summed E-state index contributed by atoms with van der Waals surface area (Å²) >= 11 is 0. The average Bonchev–Trinajstić information content (AvgIpc) is 3.72. The van der Waals surface area contributed by atoms with E-state index in [1.807, 2.05) is 49.4 Å². The van der Waals surface area contributed by atoms with Crippen LogP contribution >= 0.6 is 0 Å². The smallest absolute Gasteiger partial charge is 0.269 e. The highest BCUT2D eigenvalue weighted by atomic mass is 28.3. The molecule has 0 bridgehead atoms. The molecule has 2 fully saturated rings. The van der Waals surface area contributed by atoms with E-state index < -0.39 is 30.6 Å². The fourth-order valence-corrected chi connectivity index (χ4v) is 12.2. The zero-order valence-corrected chi connectivity index (χ0v) is 27.7. The number of nitrogens with zero attached hydrogens (tertiary/aromatic N) is 3. The fraction of sp³-hybridized carbons (Fsp3) is 0.429. The Labute approximate surface area is 270 Å². The van der Waals surface area contributed by atoms with Crippen LogP contribution < -0.4 is 14.8 Å². The van der Waals surface area contributed by atoms with Crippen molar-refractivity contribution >= 4 is 36.4 Å². The van der Waals surface area contributed by atoms with E-state index in [1.54, 1.807) is 23.0 Å². The van der Waals surface area contributed by atoms with Crippen LogP contribution in [0.2, 0.25) is 18.6 Å². The normalized spacial score (nSPS) is 25.7. The van der Waals surface area contributed by atoms with Crippen molar-refractivity contribution in [2.45, 2.75) is 69.1 Å². The number of rotatable bonds is 9. The molecule has 6 rings (SSSR count). The summed E-state index contributed by atoms with van der Waals surface area (Å²) in [5, 5.41) is 23.1. The molecule has 2 amide bonds. The number of non-ortho nitro benzene ring substituents is 1. The van der Waals surface area contributed by atoms with Crippen LogP contribution in [0.4, 0.5) is 11.4 Å². The van der Waals surface area contributed by atoms with E-state index >= 15 is 0 Å². The molecule has 3 heterocycles. The summed E-state index contributed by atoms with van der Waals surface area (Å²) in [6.07, 6.45) is 0.991. The van der Waals surface area contributed by atoms with E-state index in [4.69, 9.17) is 9.47 Å². The summed E-state index contributed by atoms with van der Waals surface area (Å²) in [5.74, 6) is -0.0509. The standard InChI is InChI=1S/C35H41N3O7Si/c1-23-33(46(3,4)28-15-13-27(44-2)14-16-28)31(20-32(40)36-18-8-11-26(36)22-39)45-35(23)29-19-25(38(42)43)12-17-30(29)37(34(35)41)21-24-9-6-5-7-10-24/h5-7,9-10,12-17,19,23,26,31,33,39H,8,11,18,20-22H2,1-4H3/t23-,26+,31+,33-,35+/m1/s1. The number of ether oxygens (including phenoxy) is 2. The Morgan fingerprint density at radius 1 is 1.13 bits per heavy atom. The number of likely N-dealkylation sites (tertiary alicyclic amines) is 1. The van der Waals surface area contributed by atoms with Crippen LogP contribution in [-0.4, -0.2) is 67.2 Å². The molecule has 0 aliphatic carbocycles. The first-order valence-corrected chi connectivity index (χ1v) is 19.0. The van der Waals surface area contributed by atoms with Gasteiger partial charge in [-0.1, -0.05) is 67.7 Å². The number of nitro groups is 1. The van der Waals surface area contributed by atoms with Crippen LogP contribution in [-0.2, 0) is 26.5 Å². The first kappa shape index (κ1) is 31.9. The molecule has 5 atom stereocenters. The van der Waals surface area contributed by atoms with Crippen molar-refractivity contribution in [2.75, 3.05) is 25.2 Å². The second-order valence-corrected chi connectivity index (χ2v) is 17.9. The second-order valence-electron chi connectivity index (χ2n) is 13.3. The summed E-state index contributed by atoms with van der Waals surface area (Å²) in [7, 11) is -0.899. The number of hydrogen-bond donors (Lipinski definition) is 1. The Morgan fingerprint density at radius 2 is 1.85 bits per heavy atom. The van der Waals surface area contributed by atoms with E-state index in [0.717, 1.165) is 29.3 Å². The quantitative estimate of drug-likeness (QED) is 0.203. The number of methoxy groups -OCH3 is 1. The maximum absolute atomic E-state index is 14.9. The molecule has 0 saturated carbocycles. The van der Waals surface area contributed by atoms with Gasteiger partial charge < -0.3 is 24.4 Å². The zero-order chi connectivity index (χ0) is 32.8. The highest BCUT2D eigenvalue weighted by Gasteiger charge is 2.67. The zero-order valence-electron chi connectivity index (χ0n) is 26.7. The molecule has 1 N–H and O–H groups in total. The average molecular weight is 644 g/mol. The van der Waals surface area contributed by atoms with Crippen molar-refractivity contribution in [1.29, 1.82) is 0 Å². The van der Waals surface area contributed by atoms with Crippen molar-refractivity contribution in [3.8, 4) is 5.75 Å². The second kappa shape index (κ2) is 12.3. The lowest BCUT2D eigenvalue weighted by molar-refractivity contribution is -0.385. The van der Waals surface area contributed by atoms with Crippen LogP contribution in [0.1, 0.15) is 37.3 Å². The molecule has 3 aromatic carbocycles. The van der Waals surface area contributed by atoms with E-state index in [-0.39, 0.29) is 48.7 Å². The number of aliphatic hydroxyl groups excluding tert-OH is 1. The minimum absolute atomic E-state index is 0.0517. The molecule has 46 heavy (non-hydrogen) atoms. The van der Waals surface area contributed by atoms with Crippen molar-refractivity contribution < 1.29 is 29.1 Å². The summed E-state index contributed by atoms with van der Waals surface area (Å²) < 4.78 is 12.4. The van der Waals surface area contributed by atoms with Gasteiger partial charge in [-0.25, -0.2) is 0 Å². The molecule has 0 aromatic heterocycles. The van der Waals surface area contributed by atoms with Crippen LogP contribution in [0.25, 0.3) is 0 Å². The molecule has 3 aliphatic rings. The minimum Gasteiger partial charge on any atom is -0.497 e. The number of benzene rings is 3. The number of amides is 2. The van der Waals surface area contributed by atoms with E-state index in [9.17, 15) is 24.8 Å². The number of aliphatic hydroxyl groups is 1. The largest absolute Gasteiger partial charge is 0.497 e. The Bertz CT molecular complexity index is 1630. The third kappa shape index (κ3) is 5.20. The van der Waals surface area contributed by atoms with Gasteiger partial charge >= 0.3 is 0 Å². The minimum atomic E-state index is -2.52. The number of anilines is 1. The van der Waals surface area contributed by atoms with Crippen LogP contribution in [0, 0.1) is 16.0 Å². The maximum atomic E-state index is 14.9. The first-order chi connectivity index (χ1) is 22.0. The topological polar surface area (TPSA) is 122 Å². The number of nitro benzene ring substituents is 1. The molecule has 3 aliphatic heterocycles. The maximum Gasteiger partial charge on any atom is 0.269 e. The number of carbonyl (C=O) groups excluding carboxylic acids is 2. The summed E-state index contributed by atoms with van der Waals surface area (Å²) in [6, 6.07) is 21.9. The number of carbonyl (C=O) groups is 2. The van der Waals surface area contributed by atoms with Gasteiger partial charge in [0.1, 0.15) is 5.75 Å². The number of fused-ring (bicyclic) bond motifs is 2. The summed E-state index contributed by atoms with van der Waals surface area (Å²) in [4.78, 5) is 43.7. The highest BCUT2D eigenvalue weighted by molar-refractivity contribution is 6.91. The molecule has 11 heteroatoms. The Morgan fingerprint density at radius 3 is 2.50 bits per heavy atom. The molecule has 1 spiro atoms. The van der Waals surface area contributed by atoms with Gasteiger partial charge in [0, 0.05) is 30.2 Å². The Kier molecular flexibility index (Phi) is 8.51. The van der Waals surface area contributed by atoms with Gasteiger partial charge in [-0.3, -0.25) is 19.7 Å². The van der Waals surface area contributed by atoms with Gasteiger partial charge in [0.25, 0.3) is 11.6 Å². The van der Waals surface area contributed by atoms with Gasteiger partial charge in [0.05, 0.1) is 57.5 Å². The molecule has 0 radical (unpaired) electrons.